The zero-order chi connectivity index (χ0) is 7.94. The van der Waals surface area contributed by atoms with E-state index in [0.717, 1.165) is 6.42 Å². The lowest BCUT2D eigenvalue weighted by Crippen LogP contribution is -1.95. The molecule has 0 aliphatic carbocycles. The first-order chi connectivity index (χ1) is 5.43. The quantitative estimate of drug-likeness (QED) is 0.540. The van der Waals surface area contributed by atoms with E-state index in [2.05, 4.69) is 16.9 Å². The van der Waals surface area contributed by atoms with Crippen LogP contribution in [0.15, 0.2) is 9.98 Å². The minimum absolute atomic E-state index is 0.256. The molecule has 0 atom stereocenters. The van der Waals surface area contributed by atoms with Crippen molar-refractivity contribution in [2.75, 3.05) is 0 Å². The molecule has 0 fully saturated rings. The maximum absolute atomic E-state index is 4.19. The van der Waals surface area contributed by atoms with E-state index in [9.17, 15) is 0 Å². The number of aliphatic imine (C=N–C) groups is 2. The third-order valence-corrected chi connectivity index (χ3v) is 1.90. The van der Waals surface area contributed by atoms with Crippen molar-refractivity contribution in [1.29, 1.82) is 0 Å². The Hall–Kier alpha value is -0.660. The summed E-state index contributed by atoms with van der Waals surface area (Å²) in [5, 5.41) is 0. The lowest BCUT2D eigenvalue weighted by molar-refractivity contribution is 0.571. The molecule has 0 aromatic rings. The largest absolute Gasteiger partial charge is 0.265 e. The molecule has 2 nitrogen and oxygen atoms in total. The second-order valence-electron chi connectivity index (χ2n) is 2.93. The normalized spacial score (nSPS) is 16.5. The minimum Gasteiger partial charge on any atom is -0.265 e. The number of hydrogen-bond donors (Lipinski definition) is 0. The molecule has 1 rings (SSSR count). The third kappa shape index (κ3) is 3.30. The van der Waals surface area contributed by atoms with E-state index in [-0.39, 0.29) is 6.17 Å². The summed E-state index contributed by atoms with van der Waals surface area (Å²) >= 11 is 0. The van der Waals surface area contributed by atoms with Crippen LogP contribution in [-0.4, -0.2) is 18.6 Å². The predicted molar refractivity (Wildman–Crippen MR) is 49.5 cm³/mol. The molecule has 0 unspecified atom stereocenters. The van der Waals surface area contributed by atoms with Crippen LogP contribution in [0.4, 0.5) is 0 Å². The highest BCUT2D eigenvalue weighted by molar-refractivity contribution is 6.17. The first kappa shape index (κ1) is 8.44. The van der Waals surface area contributed by atoms with Crippen molar-refractivity contribution in [3.63, 3.8) is 0 Å². The van der Waals surface area contributed by atoms with Crippen LogP contribution in [0, 0.1) is 0 Å². The smallest absolute Gasteiger partial charge is 0.139 e. The minimum atomic E-state index is 0.256. The standard InChI is InChI=1S/C9H16N2/c1-2-3-4-5-6-9-10-7-8-11-9/h7-9H,2-6H2,1H3. The number of unbranched alkanes of at least 4 members (excludes halogenated alkanes) is 3. The van der Waals surface area contributed by atoms with Gasteiger partial charge in [-0.3, -0.25) is 9.98 Å². The third-order valence-electron chi connectivity index (χ3n) is 1.90. The molecule has 0 saturated heterocycles. The van der Waals surface area contributed by atoms with E-state index in [4.69, 9.17) is 0 Å². The summed E-state index contributed by atoms with van der Waals surface area (Å²) < 4.78 is 0. The number of nitrogens with zero attached hydrogens (tertiary/aromatic N) is 2. The lowest BCUT2D eigenvalue weighted by atomic mass is 10.1. The van der Waals surface area contributed by atoms with Crippen molar-refractivity contribution in [1.82, 2.24) is 0 Å². The van der Waals surface area contributed by atoms with Gasteiger partial charge in [0.2, 0.25) is 0 Å². The van der Waals surface area contributed by atoms with Gasteiger partial charge in [-0.2, -0.15) is 0 Å². The molecular weight excluding hydrogens is 136 g/mol. The van der Waals surface area contributed by atoms with Crippen molar-refractivity contribution < 1.29 is 0 Å². The fourth-order valence-corrected chi connectivity index (χ4v) is 1.22. The van der Waals surface area contributed by atoms with E-state index in [0.29, 0.717) is 0 Å². The molecule has 1 aliphatic heterocycles. The Labute approximate surface area is 68.4 Å². The summed E-state index contributed by atoms with van der Waals surface area (Å²) in [5.41, 5.74) is 0. The van der Waals surface area contributed by atoms with Gasteiger partial charge in [0.15, 0.2) is 0 Å². The van der Waals surface area contributed by atoms with E-state index in [1.165, 1.54) is 25.7 Å². The van der Waals surface area contributed by atoms with E-state index >= 15 is 0 Å². The maximum Gasteiger partial charge on any atom is 0.139 e. The van der Waals surface area contributed by atoms with Gasteiger partial charge in [0, 0.05) is 12.4 Å². The molecule has 2 heteroatoms. The molecular formula is C9H16N2. The molecule has 0 amide bonds. The van der Waals surface area contributed by atoms with Gasteiger partial charge >= 0.3 is 0 Å². The maximum atomic E-state index is 4.19. The zero-order valence-electron chi connectivity index (χ0n) is 7.16. The van der Waals surface area contributed by atoms with Crippen molar-refractivity contribution in [2.45, 2.75) is 45.2 Å². The Bertz CT molecular complexity index is 138. The number of hydrogen-bond acceptors (Lipinski definition) is 2. The molecule has 0 saturated carbocycles. The average molecular weight is 152 g/mol. The first-order valence-electron chi connectivity index (χ1n) is 4.48. The van der Waals surface area contributed by atoms with Crippen LogP contribution in [0.2, 0.25) is 0 Å². The van der Waals surface area contributed by atoms with Gasteiger partial charge in [-0.05, 0) is 12.8 Å². The summed E-state index contributed by atoms with van der Waals surface area (Å²) in [6, 6.07) is 0. The van der Waals surface area contributed by atoms with Crippen molar-refractivity contribution >= 4 is 12.4 Å². The van der Waals surface area contributed by atoms with Crippen LogP contribution in [0.5, 0.6) is 0 Å². The number of rotatable bonds is 5. The van der Waals surface area contributed by atoms with E-state index < -0.39 is 0 Å². The van der Waals surface area contributed by atoms with Gasteiger partial charge < -0.3 is 0 Å². The van der Waals surface area contributed by atoms with Gasteiger partial charge in [0.05, 0.1) is 0 Å². The highest BCUT2D eigenvalue weighted by Crippen LogP contribution is 2.09. The van der Waals surface area contributed by atoms with Gasteiger partial charge in [0.25, 0.3) is 0 Å². The molecule has 0 aromatic heterocycles. The zero-order valence-corrected chi connectivity index (χ0v) is 7.16. The van der Waals surface area contributed by atoms with Gasteiger partial charge in [-0.1, -0.05) is 26.2 Å². The molecule has 1 heterocycles. The second-order valence-corrected chi connectivity index (χ2v) is 2.93. The van der Waals surface area contributed by atoms with Crippen molar-refractivity contribution in [3.8, 4) is 0 Å². The average Bonchev–Trinajstić information content (AvgIpc) is 2.50. The Kier molecular flexibility index (Phi) is 3.87. The van der Waals surface area contributed by atoms with Crippen LogP contribution < -0.4 is 0 Å². The second kappa shape index (κ2) is 5.05. The highest BCUT2D eigenvalue weighted by Gasteiger charge is 2.03. The molecule has 0 bridgehead atoms. The Morgan fingerprint density at radius 2 is 1.82 bits per heavy atom. The Morgan fingerprint density at radius 3 is 2.45 bits per heavy atom. The topological polar surface area (TPSA) is 24.7 Å². The summed E-state index contributed by atoms with van der Waals surface area (Å²) in [6.07, 6.45) is 10.2. The summed E-state index contributed by atoms with van der Waals surface area (Å²) in [5.74, 6) is 0. The molecule has 0 radical (unpaired) electrons. The molecule has 11 heavy (non-hydrogen) atoms. The first-order valence-corrected chi connectivity index (χ1v) is 4.48. The van der Waals surface area contributed by atoms with Crippen LogP contribution in [-0.2, 0) is 0 Å². The van der Waals surface area contributed by atoms with Gasteiger partial charge in [0.1, 0.15) is 6.17 Å². The molecule has 62 valence electrons. The summed E-state index contributed by atoms with van der Waals surface area (Å²) in [7, 11) is 0. The van der Waals surface area contributed by atoms with Crippen LogP contribution in [0.1, 0.15) is 39.0 Å². The monoisotopic (exact) mass is 152 g/mol. The highest BCUT2D eigenvalue weighted by atomic mass is 15.0. The van der Waals surface area contributed by atoms with Crippen molar-refractivity contribution in [3.05, 3.63) is 0 Å². The van der Waals surface area contributed by atoms with Crippen molar-refractivity contribution in [2.24, 2.45) is 9.98 Å². The van der Waals surface area contributed by atoms with Crippen LogP contribution >= 0.6 is 0 Å². The van der Waals surface area contributed by atoms with Crippen LogP contribution in [0.3, 0.4) is 0 Å². The molecule has 1 aliphatic rings. The van der Waals surface area contributed by atoms with Gasteiger partial charge in [-0.25, -0.2) is 0 Å². The Morgan fingerprint density at radius 1 is 1.09 bits per heavy atom. The fourth-order valence-electron chi connectivity index (χ4n) is 1.22. The molecule has 0 aromatic carbocycles. The van der Waals surface area contributed by atoms with E-state index in [1.54, 1.807) is 12.4 Å². The Balaban J connectivity index is 1.95. The predicted octanol–water partition coefficient (Wildman–Crippen LogP) is 2.44. The SMILES string of the molecule is CCCCCCC1N=CC=N1. The van der Waals surface area contributed by atoms with Crippen LogP contribution in [0.25, 0.3) is 0 Å². The molecule has 0 spiro atoms. The fraction of sp³-hybridized carbons (Fsp3) is 0.778. The molecule has 0 N–H and O–H groups in total. The summed E-state index contributed by atoms with van der Waals surface area (Å²) in [4.78, 5) is 8.37. The van der Waals surface area contributed by atoms with Gasteiger partial charge in [-0.15, -0.1) is 0 Å². The summed E-state index contributed by atoms with van der Waals surface area (Å²) in [6.45, 7) is 2.23. The van der Waals surface area contributed by atoms with E-state index in [1.807, 2.05) is 0 Å². The lowest BCUT2D eigenvalue weighted by Gasteiger charge is -2.02.